The number of carbonyl (C=O) groups is 1. The van der Waals surface area contributed by atoms with Gasteiger partial charge in [0, 0.05) is 5.56 Å². The van der Waals surface area contributed by atoms with Gasteiger partial charge in [0.25, 0.3) is 0 Å². The number of aldehydes is 1. The fourth-order valence-corrected chi connectivity index (χ4v) is 1.03. The van der Waals surface area contributed by atoms with E-state index in [0.717, 1.165) is 9.99 Å². The van der Waals surface area contributed by atoms with Gasteiger partial charge in [0.1, 0.15) is 3.70 Å². The Kier molecular flexibility index (Phi) is 2.21. The van der Waals surface area contributed by atoms with E-state index in [-0.39, 0.29) is 0 Å². The summed E-state index contributed by atoms with van der Waals surface area (Å²) in [5, 5.41) is 0. The highest BCUT2D eigenvalue weighted by atomic mass is 127. The second-order valence-corrected chi connectivity index (χ2v) is 2.86. The monoisotopic (exact) mass is 248 g/mol. The number of pyridine rings is 1. The molecular formula is C6H5IN2O. The second kappa shape index (κ2) is 2.96. The number of nitrogen functional groups attached to an aromatic ring is 1. The lowest BCUT2D eigenvalue weighted by atomic mass is 10.2. The molecule has 0 aliphatic heterocycles. The smallest absolute Gasteiger partial charge is 0.152 e. The largest absolute Gasteiger partial charge is 0.397 e. The standard InChI is InChI=1S/C6H5IN2O/c7-6-1-4(3-10)5(8)2-9-6/h1-3H,8H2. The summed E-state index contributed by atoms with van der Waals surface area (Å²) in [6.07, 6.45) is 2.20. The van der Waals surface area contributed by atoms with Crippen molar-refractivity contribution in [3.05, 3.63) is 21.5 Å². The van der Waals surface area contributed by atoms with Gasteiger partial charge < -0.3 is 5.73 Å². The maximum atomic E-state index is 10.3. The predicted molar refractivity (Wildman–Crippen MR) is 46.8 cm³/mol. The highest BCUT2D eigenvalue weighted by Crippen LogP contribution is 2.09. The molecule has 10 heavy (non-hydrogen) atoms. The van der Waals surface area contributed by atoms with Gasteiger partial charge in [-0.05, 0) is 28.7 Å². The second-order valence-electron chi connectivity index (χ2n) is 1.75. The van der Waals surface area contributed by atoms with E-state index in [9.17, 15) is 4.79 Å². The maximum Gasteiger partial charge on any atom is 0.152 e. The lowest BCUT2D eigenvalue weighted by Gasteiger charge is -1.95. The van der Waals surface area contributed by atoms with Gasteiger partial charge in [-0.25, -0.2) is 4.98 Å². The summed E-state index contributed by atoms with van der Waals surface area (Å²) in [6.45, 7) is 0. The number of hydrogen-bond donors (Lipinski definition) is 1. The summed E-state index contributed by atoms with van der Waals surface area (Å²) < 4.78 is 0.772. The molecule has 0 atom stereocenters. The molecule has 0 aliphatic rings. The van der Waals surface area contributed by atoms with Crippen molar-refractivity contribution in [3.8, 4) is 0 Å². The first-order valence-corrected chi connectivity index (χ1v) is 3.68. The number of halogens is 1. The zero-order valence-corrected chi connectivity index (χ0v) is 7.20. The minimum absolute atomic E-state index is 0.426. The van der Waals surface area contributed by atoms with Crippen molar-refractivity contribution >= 4 is 34.6 Å². The lowest BCUT2D eigenvalue weighted by Crippen LogP contribution is -1.94. The average Bonchev–Trinajstić information content (AvgIpc) is 1.94. The highest BCUT2D eigenvalue weighted by Gasteiger charge is 1.97. The Balaban J connectivity index is 3.21. The number of nitrogens with two attached hydrogens (primary N) is 1. The van der Waals surface area contributed by atoms with E-state index in [1.807, 2.05) is 22.6 Å². The van der Waals surface area contributed by atoms with E-state index >= 15 is 0 Å². The van der Waals surface area contributed by atoms with E-state index in [4.69, 9.17) is 5.73 Å². The molecule has 0 aromatic carbocycles. The van der Waals surface area contributed by atoms with Gasteiger partial charge in [-0.1, -0.05) is 0 Å². The number of aromatic nitrogens is 1. The average molecular weight is 248 g/mol. The van der Waals surface area contributed by atoms with Gasteiger partial charge >= 0.3 is 0 Å². The molecule has 0 saturated heterocycles. The van der Waals surface area contributed by atoms with Crippen molar-refractivity contribution < 1.29 is 4.79 Å². The molecule has 0 unspecified atom stereocenters. The molecule has 1 aromatic heterocycles. The van der Waals surface area contributed by atoms with Crippen LogP contribution in [-0.4, -0.2) is 11.3 Å². The van der Waals surface area contributed by atoms with Gasteiger partial charge in [0.2, 0.25) is 0 Å². The minimum Gasteiger partial charge on any atom is -0.397 e. The molecule has 1 aromatic rings. The molecule has 1 heterocycles. The van der Waals surface area contributed by atoms with Crippen LogP contribution in [0.3, 0.4) is 0 Å². The fraction of sp³-hybridized carbons (Fsp3) is 0. The first-order chi connectivity index (χ1) is 4.74. The summed E-state index contributed by atoms with van der Waals surface area (Å²) in [5.41, 5.74) is 6.33. The molecule has 0 saturated carbocycles. The van der Waals surface area contributed by atoms with Crippen LogP contribution in [0.1, 0.15) is 10.4 Å². The van der Waals surface area contributed by atoms with Crippen LogP contribution in [0.25, 0.3) is 0 Å². The highest BCUT2D eigenvalue weighted by molar-refractivity contribution is 14.1. The van der Waals surface area contributed by atoms with E-state index in [2.05, 4.69) is 4.98 Å². The Morgan fingerprint density at radius 1 is 1.70 bits per heavy atom. The Morgan fingerprint density at radius 3 is 2.90 bits per heavy atom. The van der Waals surface area contributed by atoms with Crippen molar-refractivity contribution in [3.63, 3.8) is 0 Å². The Morgan fingerprint density at radius 2 is 2.40 bits per heavy atom. The summed E-state index contributed by atoms with van der Waals surface area (Å²) in [4.78, 5) is 14.2. The molecule has 0 amide bonds. The zero-order valence-electron chi connectivity index (χ0n) is 5.04. The third-order valence-electron chi connectivity index (χ3n) is 1.06. The normalized spacial score (nSPS) is 9.30. The van der Waals surface area contributed by atoms with Crippen molar-refractivity contribution in [2.24, 2.45) is 0 Å². The molecular weight excluding hydrogens is 243 g/mol. The quantitative estimate of drug-likeness (QED) is 0.459. The third kappa shape index (κ3) is 1.44. The van der Waals surface area contributed by atoms with Crippen LogP contribution >= 0.6 is 22.6 Å². The van der Waals surface area contributed by atoms with Crippen molar-refractivity contribution in [2.45, 2.75) is 0 Å². The predicted octanol–water partition coefficient (Wildman–Crippen LogP) is 1.08. The van der Waals surface area contributed by atoms with E-state index in [1.54, 1.807) is 6.07 Å². The SMILES string of the molecule is Nc1cnc(I)cc1C=O. The molecule has 1 rings (SSSR count). The molecule has 0 radical (unpaired) electrons. The number of anilines is 1. The number of hydrogen-bond acceptors (Lipinski definition) is 3. The van der Waals surface area contributed by atoms with Gasteiger partial charge in [0.05, 0.1) is 11.9 Å². The van der Waals surface area contributed by atoms with E-state index in [0.29, 0.717) is 11.3 Å². The molecule has 0 aliphatic carbocycles. The first kappa shape index (κ1) is 7.46. The third-order valence-corrected chi connectivity index (χ3v) is 1.65. The van der Waals surface area contributed by atoms with E-state index in [1.165, 1.54) is 6.20 Å². The van der Waals surface area contributed by atoms with Crippen LogP contribution < -0.4 is 5.73 Å². The minimum atomic E-state index is 0.426. The van der Waals surface area contributed by atoms with Gasteiger partial charge in [-0.15, -0.1) is 0 Å². The van der Waals surface area contributed by atoms with Gasteiger partial charge in [0.15, 0.2) is 6.29 Å². The van der Waals surface area contributed by atoms with Crippen molar-refractivity contribution in [2.75, 3.05) is 5.73 Å². The topological polar surface area (TPSA) is 56.0 Å². The zero-order chi connectivity index (χ0) is 7.56. The number of nitrogens with zero attached hydrogens (tertiary/aromatic N) is 1. The van der Waals surface area contributed by atoms with Crippen molar-refractivity contribution in [1.29, 1.82) is 0 Å². The molecule has 0 spiro atoms. The molecule has 3 nitrogen and oxygen atoms in total. The Bertz CT molecular complexity index is 262. The van der Waals surface area contributed by atoms with Gasteiger partial charge in [-0.2, -0.15) is 0 Å². The van der Waals surface area contributed by atoms with Gasteiger partial charge in [-0.3, -0.25) is 4.79 Å². The van der Waals surface area contributed by atoms with Crippen LogP contribution in [0, 0.1) is 3.70 Å². The van der Waals surface area contributed by atoms with Crippen LogP contribution in [0.4, 0.5) is 5.69 Å². The molecule has 4 heteroatoms. The summed E-state index contributed by atoms with van der Waals surface area (Å²) in [6, 6.07) is 1.64. The fourth-order valence-electron chi connectivity index (χ4n) is 0.557. The number of carbonyl (C=O) groups excluding carboxylic acids is 1. The van der Waals surface area contributed by atoms with Crippen LogP contribution in [0.2, 0.25) is 0 Å². The maximum absolute atomic E-state index is 10.3. The molecule has 0 bridgehead atoms. The summed E-state index contributed by atoms with van der Waals surface area (Å²) in [5.74, 6) is 0. The molecule has 0 fully saturated rings. The summed E-state index contributed by atoms with van der Waals surface area (Å²) in [7, 11) is 0. The van der Waals surface area contributed by atoms with E-state index < -0.39 is 0 Å². The summed E-state index contributed by atoms with van der Waals surface area (Å²) >= 11 is 2.02. The van der Waals surface area contributed by atoms with Crippen LogP contribution in [0.5, 0.6) is 0 Å². The Hall–Kier alpha value is -0.650. The number of rotatable bonds is 1. The molecule has 2 N–H and O–H groups in total. The van der Waals surface area contributed by atoms with Crippen LogP contribution in [0.15, 0.2) is 12.3 Å². The molecule has 52 valence electrons. The lowest BCUT2D eigenvalue weighted by molar-refractivity contribution is 0.112. The van der Waals surface area contributed by atoms with Crippen LogP contribution in [-0.2, 0) is 0 Å². The Labute approximate surface area is 71.8 Å². The van der Waals surface area contributed by atoms with Crippen molar-refractivity contribution in [1.82, 2.24) is 4.98 Å². The first-order valence-electron chi connectivity index (χ1n) is 2.60.